The average Bonchev–Trinajstić information content (AvgIpc) is 3.60. The van der Waals surface area contributed by atoms with Crippen molar-refractivity contribution >= 4 is 34.4 Å². The lowest BCUT2D eigenvalue weighted by atomic mass is 10.1. The topological polar surface area (TPSA) is 142 Å². The summed E-state index contributed by atoms with van der Waals surface area (Å²) < 4.78 is 7.37. The molecular weight excluding hydrogens is 484 g/mol. The van der Waals surface area contributed by atoms with Gasteiger partial charge in [-0.05, 0) is 36.6 Å². The number of nitriles is 1. The van der Waals surface area contributed by atoms with Crippen molar-refractivity contribution < 1.29 is 14.3 Å². The molecule has 1 saturated carbocycles. The Bertz CT molecular complexity index is 1370. The molecule has 2 aromatic heterocycles. The molecule has 1 aromatic carbocycles. The highest BCUT2D eigenvalue weighted by Gasteiger charge is 2.30. The minimum atomic E-state index is -0.589. The Labute approximate surface area is 221 Å². The van der Waals surface area contributed by atoms with Crippen molar-refractivity contribution in [3.63, 3.8) is 0 Å². The van der Waals surface area contributed by atoms with Crippen molar-refractivity contribution in [1.29, 1.82) is 5.26 Å². The molecule has 11 nitrogen and oxygen atoms in total. The number of nitrogens with one attached hydrogen (secondary N) is 1. The van der Waals surface area contributed by atoms with Gasteiger partial charge in [-0.1, -0.05) is 25.0 Å². The number of aromatic nitrogens is 3. The molecule has 38 heavy (non-hydrogen) atoms. The predicted octanol–water partition coefficient (Wildman–Crippen LogP) is 2.42. The van der Waals surface area contributed by atoms with E-state index >= 15 is 0 Å². The molecule has 2 aliphatic rings. The van der Waals surface area contributed by atoms with Gasteiger partial charge in [0.15, 0.2) is 0 Å². The van der Waals surface area contributed by atoms with Gasteiger partial charge in [-0.25, -0.2) is 9.97 Å². The van der Waals surface area contributed by atoms with Crippen LogP contribution >= 0.6 is 0 Å². The number of hydrogen-bond acceptors (Lipinski definition) is 8. The normalized spacial score (nSPS) is 15.9. The molecule has 1 aliphatic carbocycles. The standard InChI is InChI=1S/C27H32N8O3/c1-30-25-21-14-22(35(20-4-2-3-5-20)26(21)32-24(15-28)31-25)27(37)34(17-23(29)36)16-18-6-8-19(9-7-18)33-10-12-38-13-11-33/h6-9,14,20H,2-5,10-13,16-17H2,1H3,(H2,29,36)(H,30,31,32). The largest absolute Gasteiger partial charge is 0.378 e. The van der Waals surface area contributed by atoms with Crippen LogP contribution in [0.2, 0.25) is 0 Å². The molecule has 2 fully saturated rings. The van der Waals surface area contributed by atoms with E-state index in [1.807, 2.05) is 34.9 Å². The molecule has 0 atom stereocenters. The van der Waals surface area contributed by atoms with E-state index in [1.165, 1.54) is 4.90 Å². The number of morpholine rings is 1. The molecule has 0 bridgehead atoms. The molecule has 3 heterocycles. The predicted molar refractivity (Wildman–Crippen MR) is 143 cm³/mol. The minimum Gasteiger partial charge on any atom is -0.378 e. The lowest BCUT2D eigenvalue weighted by Crippen LogP contribution is -2.39. The van der Waals surface area contributed by atoms with Crippen molar-refractivity contribution in [2.75, 3.05) is 50.1 Å². The van der Waals surface area contributed by atoms with Crippen molar-refractivity contribution in [2.24, 2.45) is 5.73 Å². The van der Waals surface area contributed by atoms with Gasteiger partial charge in [0, 0.05) is 38.4 Å². The van der Waals surface area contributed by atoms with E-state index in [-0.39, 0.29) is 30.9 Å². The molecular formula is C27H32N8O3. The summed E-state index contributed by atoms with van der Waals surface area (Å²) in [7, 11) is 1.72. The lowest BCUT2D eigenvalue weighted by molar-refractivity contribution is -0.118. The van der Waals surface area contributed by atoms with Gasteiger partial charge in [0.25, 0.3) is 5.91 Å². The Morgan fingerprint density at radius 3 is 2.53 bits per heavy atom. The summed E-state index contributed by atoms with van der Waals surface area (Å²) in [5.74, 6) is -0.383. The first-order valence-electron chi connectivity index (χ1n) is 13.0. The highest BCUT2D eigenvalue weighted by molar-refractivity contribution is 6.02. The van der Waals surface area contributed by atoms with Crippen molar-refractivity contribution in [3.8, 4) is 6.07 Å². The molecule has 1 aliphatic heterocycles. The van der Waals surface area contributed by atoms with Gasteiger partial charge in [0.05, 0.1) is 18.6 Å². The quantitative estimate of drug-likeness (QED) is 0.465. The Kier molecular flexibility index (Phi) is 7.42. The van der Waals surface area contributed by atoms with Gasteiger partial charge in [0.2, 0.25) is 11.7 Å². The molecule has 0 radical (unpaired) electrons. The second-order valence-electron chi connectivity index (χ2n) is 9.73. The summed E-state index contributed by atoms with van der Waals surface area (Å²) in [6, 6.07) is 11.9. The van der Waals surface area contributed by atoms with E-state index in [0.29, 0.717) is 35.8 Å². The van der Waals surface area contributed by atoms with E-state index in [1.54, 1.807) is 13.1 Å². The van der Waals surface area contributed by atoms with Gasteiger partial charge in [0.1, 0.15) is 29.8 Å². The highest BCUT2D eigenvalue weighted by atomic mass is 16.5. The SMILES string of the molecule is CNc1nc(C#N)nc2c1cc(C(=O)N(CC(N)=O)Cc1ccc(N3CCOCC3)cc1)n2C1CCCC1. The molecule has 5 rings (SSSR count). The average molecular weight is 517 g/mol. The first kappa shape index (κ1) is 25.5. The third-order valence-electron chi connectivity index (χ3n) is 7.26. The maximum absolute atomic E-state index is 14.0. The molecule has 11 heteroatoms. The zero-order valence-electron chi connectivity index (χ0n) is 21.5. The number of nitrogens with two attached hydrogens (primary N) is 1. The first-order valence-corrected chi connectivity index (χ1v) is 13.0. The van der Waals surface area contributed by atoms with Gasteiger partial charge in [-0.3, -0.25) is 9.59 Å². The number of hydrogen-bond donors (Lipinski definition) is 2. The Morgan fingerprint density at radius 1 is 1.18 bits per heavy atom. The first-order chi connectivity index (χ1) is 18.5. The summed E-state index contributed by atoms with van der Waals surface area (Å²) in [6.45, 7) is 3.08. The van der Waals surface area contributed by atoms with Crippen LogP contribution in [-0.2, 0) is 16.1 Å². The Hall–Kier alpha value is -4.17. The van der Waals surface area contributed by atoms with Crippen molar-refractivity contribution in [2.45, 2.75) is 38.3 Å². The van der Waals surface area contributed by atoms with Gasteiger partial charge in [-0.15, -0.1) is 0 Å². The zero-order valence-corrected chi connectivity index (χ0v) is 21.5. The number of anilines is 2. The number of amides is 2. The van der Waals surface area contributed by atoms with Crippen molar-refractivity contribution in [3.05, 3.63) is 47.4 Å². The summed E-state index contributed by atoms with van der Waals surface area (Å²) in [5.41, 5.74) is 8.53. The summed E-state index contributed by atoms with van der Waals surface area (Å²) in [5, 5.41) is 13.2. The van der Waals surface area contributed by atoms with Crippen LogP contribution in [0.15, 0.2) is 30.3 Å². The zero-order chi connectivity index (χ0) is 26.6. The van der Waals surface area contributed by atoms with Crippen LogP contribution in [0.5, 0.6) is 0 Å². The number of carbonyl (C=O) groups excluding carboxylic acids is 2. The van der Waals surface area contributed by atoms with Crippen LogP contribution in [0, 0.1) is 11.3 Å². The molecule has 2 amide bonds. The van der Waals surface area contributed by atoms with E-state index in [2.05, 4.69) is 20.2 Å². The van der Waals surface area contributed by atoms with Crippen LogP contribution in [-0.4, -0.2) is 71.1 Å². The fourth-order valence-corrected chi connectivity index (χ4v) is 5.44. The van der Waals surface area contributed by atoms with Crippen LogP contribution < -0.4 is 16.0 Å². The van der Waals surface area contributed by atoms with E-state index in [4.69, 9.17) is 10.5 Å². The third-order valence-corrected chi connectivity index (χ3v) is 7.26. The van der Waals surface area contributed by atoms with Crippen LogP contribution in [0.25, 0.3) is 11.0 Å². The fraction of sp³-hybridized carbons (Fsp3) is 0.444. The number of primary amides is 1. The van der Waals surface area contributed by atoms with Crippen molar-refractivity contribution in [1.82, 2.24) is 19.4 Å². The number of fused-ring (bicyclic) bond motifs is 1. The monoisotopic (exact) mass is 516 g/mol. The van der Waals surface area contributed by atoms with E-state index < -0.39 is 5.91 Å². The van der Waals surface area contributed by atoms with E-state index in [9.17, 15) is 14.9 Å². The van der Waals surface area contributed by atoms with Crippen LogP contribution in [0.1, 0.15) is 53.6 Å². The van der Waals surface area contributed by atoms with E-state index in [0.717, 1.165) is 50.0 Å². The lowest BCUT2D eigenvalue weighted by Gasteiger charge is -2.29. The smallest absolute Gasteiger partial charge is 0.271 e. The number of carbonyl (C=O) groups is 2. The number of nitrogens with zero attached hydrogens (tertiary/aromatic N) is 6. The van der Waals surface area contributed by atoms with Crippen LogP contribution in [0.4, 0.5) is 11.5 Å². The summed E-state index contributed by atoms with van der Waals surface area (Å²) >= 11 is 0. The molecule has 0 unspecified atom stereocenters. The molecule has 1 saturated heterocycles. The van der Waals surface area contributed by atoms with Crippen LogP contribution in [0.3, 0.4) is 0 Å². The Balaban J connectivity index is 1.50. The summed E-state index contributed by atoms with van der Waals surface area (Å²) in [4.78, 5) is 38.6. The maximum atomic E-state index is 14.0. The third kappa shape index (κ3) is 5.13. The Morgan fingerprint density at radius 2 is 1.89 bits per heavy atom. The number of ether oxygens (including phenoxy) is 1. The maximum Gasteiger partial charge on any atom is 0.271 e. The summed E-state index contributed by atoms with van der Waals surface area (Å²) in [6.07, 6.45) is 3.91. The number of rotatable bonds is 8. The fourth-order valence-electron chi connectivity index (χ4n) is 5.44. The van der Waals surface area contributed by atoms with Gasteiger partial charge >= 0.3 is 0 Å². The van der Waals surface area contributed by atoms with Gasteiger partial charge in [-0.2, -0.15) is 5.26 Å². The minimum absolute atomic E-state index is 0.0348. The molecule has 3 N–H and O–H groups in total. The molecule has 198 valence electrons. The second-order valence-corrected chi connectivity index (χ2v) is 9.73. The highest BCUT2D eigenvalue weighted by Crippen LogP contribution is 2.36. The molecule has 0 spiro atoms. The number of benzene rings is 1. The molecule has 3 aromatic rings. The van der Waals surface area contributed by atoms with Gasteiger partial charge < -0.3 is 30.2 Å². The second kappa shape index (κ2) is 11.1.